The molecule has 4 heteroatoms. The molecule has 0 bridgehead atoms. The van der Waals surface area contributed by atoms with E-state index >= 15 is 0 Å². The number of rotatable bonds is 4. The van der Waals surface area contributed by atoms with Gasteiger partial charge in [0.25, 0.3) is 0 Å². The summed E-state index contributed by atoms with van der Waals surface area (Å²) in [6.45, 7) is 1.83. The first-order valence-corrected chi connectivity index (χ1v) is 5.11. The minimum Gasteiger partial charge on any atom is -0.461 e. The van der Waals surface area contributed by atoms with Crippen LogP contribution < -0.4 is 0 Å². The van der Waals surface area contributed by atoms with E-state index in [2.05, 4.69) is 9.97 Å². The van der Waals surface area contributed by atoms with Crippen molar-refractivity contribution in [3.63, 3.8) is 0 Å². The van der Waals surface area contributed by atoms with Gasteiger partial charge in [0.2, 0.25) is 0 Å². The lowest BCUT2D eigenvalue weighted by molar-refractivity contribution is -0.107. The first-order chi connectivity index (χ1) is 7.79. The number of aldehydes is 1. The summed E-state index contributed by atoms with van der Waals surface area (Å²) < 4.78 is 5.57. The van der Waals surface area contributed by atoms with E-state index in [4.69, 9.17) is 4.42 Å². The Bertz CT molecular complexity index is 474. The van der Waals surface area contributed by atoms with Gasteiger partial charge in [-0.3, -0.25) is 0 Å². The molecule has 0 atom stereocenters. The van der Waals surface area contributed by atoms with Crippen LogP contribution in [0.5, 0.6) is 0 Å². The van der Waals surface area contributed by atoms with Gasteiger partial charge in [0.1, 0.15) is 23.6 Å². The fourth-order valence-corrected chi connectivity index (χ4v) is 1.39. The summed E-state index contributed by atoms with van der Waals surface area (Å²) in [4.78, 5) is 18.4. The number of aryl methyl sites for hydroxylation is 2. The van der Waals surface area contributed by atoms with Gasteiger partial charge in [-0.15, -0.1) is 0 Å². The van der Waals surface area contributed by atoms with E-state index in [1.165, 1.54) is 0 Å². The van der Waals surface area contributed by atoms with Gasteiger partial charge < -0.3 is 9.21 Å². The summed E-state index contributed by atoms with van der Waals surface area (Å²) in [5.74, 6) is 2.28. The van der Waals surface area contributed by atoms with Crippen molar-refractivity contribution in [3.8, 4) is 11.3 Å². The molecule has 2 aromatic rings. The largest absolute Gasteiger partial charge is 0.461 e. The molecule has 4 nitrogen and oxygen atoms in total. The monoisotopic (exact) mass is 216 g/mol. The predicted molar refractivity (Wildman–Crippen MR) is 58.9 cm³/mol. The lowest BCUT2D eigenvalue weighted by Gasteiger charge is -1.96. The molecule has 0 amide bonds. The number of furan rings is 1. The molecule has 16 heavy (non-hydrogen) atoms. The normalized spacial score (nSPS) is 10.3. The van der Waals surface area contributed by atoms with Crippen molar-refractivity contribution in [2.24, 2.45) is 0 Å². The number of aromatic nitrogens is 2. The molecular weight excluding hydrogens is 204 g/mol. The molecule has 0 saturated carbocycles. The van der Waals surface area contributed by atoms with Gasteiger partial charge in [-0.2, -0.15) is 0 Å². The Balaban J connectivity index is 2.17. The van der Waals surface area contributed by atoms with Crippen LogP contribution in [-0.2, 0) is 11.2 Å². The van der Waals surface area contributed by atoms with E-state index in [1.54, 1.807) is 12.4 Å². The average molecular weight is 216 g/mol. The number of hydrogen-bond acceptors (Lipinski definition) is 4. The summed E-state index contributed by atoms with van der Waals surface area (Å²) in [7, 11) is 0. The van der Waals surface area contributed by atoms with Crippen LogP contribution >= 0.6 is 0 Å². The summed E-state index contributed by atoms with van der Waals surface area (Å²) in [5.41, 5.74) is 0.850. The lowest BCUT2D eigenvalue weighted by atomic mass is 10.2. The predicted octanol–water partition coefficient (Wildman–Crippen LogP) is 2.18. The topological polar surface area (TPSA) is 56.0 Å². The van der Waals surface area contributed by atoms with Crippen LogP contribution in [0.15, 0.2) is 28.9 Å². The van der Waals surface area contributed by atoms with Gasteiger partial charge >= 0.3 is 0 Å². The molecule has 2 aromatic heterocycles. The number of hydrogen-bond donors (Lipinski definition) is 0. The maximum Gasteiger partial charge on any atom is 0.137 e. The summed E-state index contributed by atoms with van der Waals surface area (Å²) >= 11 is 0. The second-order valence-electron chi connectivity index (χ2n) is 3.49. The smallest absolute Gasteiger partial charge is 0.137 e. The van der Waals surface area contributed by atoms with Crippen molar-refractivity contribution in [2.75, 3.05) is 0 Å². The highest BCUT2D eigenvalue weighted by Gasteiger charge is 2.05. The molecule has 0 aliphatic rings. The van der Waals surface area contributed by atoms with E-state index < -0.39 is 0 Å². The molecule has 0 radical (unpaired) electrons. The molecule has 0 unspecified atom stereocenters. The number of carbonyl (C=O) groups excluding carboxylic acids is 1. The maximum atomic E-state index is 10.2. The molecule has 0 aliphatic carbocycles. The third-order valence-corrected chi connectivity index (χ3v) is 2.24. The van der Waals surface area contributed by atoms with E-state index in [9.17, 15) is 4.79 Å². The zero-order valence-corrected chi connectivity index (χ0v) is 9.01. The molecule has 0 aliphatic heterocycles. The van der Waals surface area contributed by atoms with Crippen molar-refractivity contribution in [1.82, 2.24) is 9.97 Å². The van der Waals surface area contributed by atoms with Crippen molar-refractivity contribution in [3.05, 3.63) is 36.1 Å². The Kier molecular flexibility index (Phi) is 3.10. The van der Waals surface area contributed by atoms with Gasteiger partial charge in [0.05, 0.1) is 5.56 Å². The van der Waals surface area contributed by atoms with Gasteiger partial charge in [-0.1, -0.05) is 0 Å². The van der Waals surface area contributed by atoms with Crippen LogP contribution in [0.1, 0.15) is 18.0 Å². The fraction of sp³-hybridized carbons (Fsp3) is 0.250. The van der Waals surface area contributed by atoms with Crippen LogP contribution in [0, 0.1) is 6.92 Å². The Hall–Kier alpha value is -1.97. The third kappa shape index (κ3) is 2.34. The highest BCUT2D eigenvalue weighted by molar-refractivity contribution is 5.55. The first-order valence-electron chi connectivity index (χ1n) is 5.11. The molecule has 0 fully saturated rings. The second kappa shape index (κ2) is 4.70. The standard InChI is InChI=1S/C12H12N2O2/c1-9-13-7-10(8-14-9)12-5-4-11(16-12)3-2-6-15/h4-8H,2-3H2,1H3. The summed E-state index contributed by atoms with van der Waals surface area (Å²) in [6.07, 6.45) is 5.46. The van der Waals surface area contributed by atoms with E-state index in [1.807, 2.05) is 19.1 Å². The van der Waals surface area contributed by atoms with E-state index in [0.717, 1.165) is 29.2 Å². The first kappa shape index (κ1) is 10.5. The Morgan fingerprint density at radius 3 is 2.75 bits per heavy atom. The van der Waals surface area contributed by atoms with E-state index in [0.29, 0.717) is 12.8 Å². The van der Waals surface area contributed by atoms with Crippen molar-refractivity contribution in [2.45, 2.75) is 19.8 Å². The third-order valence-electron chi connectivity index (χ3n) is 2.24. The highest BCUT2D eigenvalue weighted by atomic mass is 16.3. The molecule has 0 N–H and O–H groups in total. The van der Waals surface area contributed by atoms with Crippen LogP contribution in [-0.4, -0.2) is 16.3 Å². The van der Waals surface area contributed by atoms with E-state index in [-0.39, 0.29) is 0 Å². The van der Waals surface area contributed by atoms with Crippen LogP contribution in [0.25, 0.3) is 11.3 Å². The molecule has 82 valence electrons. The van der Waals surface area contributed by atoms with Crippen LogP contribution in [0.2, 0.25) is 0 Å². The second-order valence-corrected chi connectivity index (χ2v) is 3.49. The summed E-state index contributed by atoms with van der Waals surface area (Å²) in [5, 5.41) is 0. The zero-order valence-electron chi connectivity index (χ0n) is 9.01. The maximum absolute atomic E-state index is 10.2. The highest BCUT2D eigenvalue weighted by Crippen LogP contribution is 2.21. The molecular formula is C12H12N2O2. The number of carbonyl (C=O) groups is 1. The Morgan fingerprint density at radius 1 is 1.31 bits per heavy atom. The van der Waals surface area contributed by atoms with Gasteiger partial charge in [-0.25, -0.2) is 9.97 Å². The Labute approximate surface area is 93.3 Å². The van der Waals surface area contributed by atoms with Crippen molar-refractivity contribution >= 4 is 6.29 Å². The molecule has 2 heterocycles. The van der Waals surface area contributed by atoms with Gasteiger partial charge in [0, 0.05) is 25.2 Å². The zero-order chi connectivity index (χ0) is 11.4. The Morgan fingerprint density at radius 2 is 2.06 bits per heavy atom. The quantitative estimate of drug-likeness (QED) is 0.735. The molecule has 0 saturated heterocycles. The SMILES string of the molecule is Cc1ncc(-c2ccc(CCC=O)o2)cn1. The summed E-state index contributed by atoms with van der Waals surface area (Å²) in [6, 6.07) is 3.74. The lowest BCUT2D eigenvalue weighted by Crippen LogP contribution is -1.86. The van der Waals surface area contributed by atoms with Gasteiger partial charge in [-0.05, 0) is 19.1 Å². The average Bonchev–Trinajstić information content (AvgIpc) is 2.76. The number of nitrogens with zero attached hydrogens (tertiary/aromatic N) is 2. The van der Waals surface area contributed by atoms with Gasteiger partial charge in [0.15, 0.2) is 0 Å². The molecule has 0 aromatic carbocycles. The van der Waals surface area contributed by atoms with Crippen LogP contribution in [0.4, 0.5) is 0 Å². The molecule has 2 rings (SSSR count). The minimum atomic E-state index is 0.483. The molecule has 0 spiro atoms. The van der Waals surface area contributed by atoms with Crippen LogP contribution in [0.3, 0.4) is 0 Å². The van der Waals surface area contributed by atoms with Crippen molar-refractivity contribution < 1.29 is 9.21 Å². The minimum absolute atomic E-state index is 0.483. The van der Waals surface area contributed by atoms with Crippen molar-refractivity contribution in [1.29, 1.82) is 0 Å². The fourth-order valence-electron chi connectivity index (χ4n) is 1.39.